The Morgan fingerprint density at radius 3 is 2.42 bits per heavy atom. The Bertz CT molecular complexity index is 1120. The van der Waals surface area contributed by atoms with Gasteiger partial charge in [-0.25, -0.2) is 9.10 Å². The average molecular weight is 588 g/mol. The fraction of sp³-hybridized carbons (Fsp3) is 0.462. The highest BCUT2D eigenvalue weighted by molar-refractivity contribution is 8.11. The van der Waals surface area contributed by atoms with Crippen molar-refractivity contribution in [2.24, 2.45) is 5.92 Å². The molecule has 0 bridgehead atoms. The first kappa shape index (κ1) is 28.8. The van der Waals surface area contributed by atoms with E-state index in [-0.39, 0.29) is 33.5 Å². The van der Waals surface area contributed by atoms with Gasteiger partial charge in [0.05, 0.1) is 28.8 Å². The summed E-state index contributed by atoms with van der Waals surface area (Å²) < 4.78 is 30.5. The number of hydrogen-bond acceptors (Lipinski definition) is 6. The molecule has 2 atom stereocenters. The molecule has 2 aromatic rings. The van der Waals surface area contributed by atoms with Gasteiger partial charge >= 0.3 is 6.09 Å². The Morgan fingerprint density at radius 2 is 1.79 bits per heavy atom. The van der Waals surface area contributed by atoms with Gasteiger partial charge in [-0.3, -0.25) is 4.79 Å². The second kappa shape index (κ2) is 12.3. The molecule has 2 amide bonds. The Kier molecular flexibility index (Phi) is 9.31. The maximum absolute atomic E-state index is 14.9. The Morgan fingerprint density at radius 1 is 1.13 bits per heavy atom. The van der Waals surface area contributed by atoms with Gasteiger partial charge in [0.2, 0.25) is 0 Å². The van der Waals surface area contributed by atoms with Crippen LogP contribution in [-0.4, -0.2) is 66.1 Å². The fourth-order valence-corrected chi connectivity index (χ4v) is 6.12. The van der Waals surface area contributed by atoms with Crippen molar-refractivity contribution in [3.05, 3.63) is 63.6 Å². The number of rotatable bonds is 7. The van der Waals surface area contributed by atoms with E-state index in [1.165, 1.54) is 12.1 Å². The van der Waals surface area contributed by atoms with Gasteiger partial charge in [-0.05, 0) is 38.5 Å². The van der Waals surface area contributed by atoms with E-state index >= 15 is 0 Å². The first-order chi connectivity index (χ1) is 18.0. The van der Waals surface area contributed by atoms with Crippen LogP contribution in [0.1, 0.15) is 42.8 Å². The van der Waals surface area contributed by atoms with Crippen LogP contribution in [-0.2, 0) is 9.47 Å². The molecule has 12 heteroatoms. The lowest BCUT2D eigenvalue weighted by Gasteiger charge is -2.42. The van der Waals surface area contributed by atoms with E-state index < -0.39 is 23.3 Å². The SMILES string of the molecule is CC(C)(C)OC(=O)NCC1CN([SH](F)Nc2cc(Cl)c(C(=O)N3CCO[C@@H](c4ccccc4)C3)c(Cl)c2)C1. The quantitative estimate of drug-likeness (QED) is 0.356. The Balaban J connectivity index is 1.30. The first-order valence-electron chi connectivity index (χ1n) is 12.4. The summed E-state index contributed by atoms with van der Waals surface area (Å²) in [4.78, 5) is 26.8. The van der Waals surface area contributed by atoms with Crippen molar-refractivity contribution < 1.29 is 22.9 Å². The summed E-state index contributed by atoms with van der Waals surface area (Å²) in [5, 5.41) is 3.02. The van der Waals surface area contributed by atoms with Crippen LogP contribution in [0.2, 0.25) is 10.0 Å². The van der Waals surface area contributed by atoms with Crippen molar-refractivity contribution >= 4 is 52.5 Å². The van der Waals surface area contributed by atoms with Gasteiger partial charge in [-0.15, -0.1) is 0 Å². The molecule has 0 saturated carbocycles. The van der Waals surface area contributed by atoms with Crippen molar-refractivity contribution in [3.63, 3.8) is 0 Å². The van der Waals surface area contributed by atoms with Crippen molar-refractivity contribution in [1.29, 1.82) is 0 Å². The van der Waals surface area contributed by atoms with Gasteiger partial charge in [-0.2, -0.15) is 3.89 Å². The molecule has 2 N–H and O–H groups in total. The summed E-state index contributed by atoms with van der Waals surface area (Å²) in [5.41, 5.74) is 1.01. The molecule has 38 heavy (non-hydrogen) atoms. The molecular formula is C26H33Cl2FN4O4S. The minimum absolute atomic E-state index is 0.130. The molecule has 2 aliphatic rings. The van der Waals surface area contributed by atoms with Gasteiger partial charge in [0.1, 0.15) is 11.7 Å². The zero-order valence-electron chi connectivity index (χ0n) is 21.5. The number of nitrogens with zero attached hydrogens (tertiary/aromatic N) is 2. The highest BCUT2D eigenvalue weighted by Gasteiger charge is 2.32. The predicted molar refractivity (Wildman–Crippen MR) is 151 cm³/mol. The van der Waals surface area contributed by atoms with Crippen molar-refractivity contribution in [1.82, 2.24) is 14.5 Å². The standard InChI is InChI=1S/C26H33Cl2FN4O4S/c1-26(2,3)37-25(35)30-13-17-14-33(15-17)38(29)31-19-11-20(27)23(21(28)12-19)24(34)32-9-10-36-22(16-32)18-7-5-4-6-8-18/h4-8,11-12,17,22,31,38H,9-10,13-16H2,1-3H3,(H,30,35)/t22-/m1/s1. The summed E-state index contributed by atoms with van der Waals surface area (Å²) in [6.45, 7) is 7.98. The van der Waals surface area contributed by atoms with Crippen LogP contribution in [0.3, 0.4) is 0 Å². The number of hydrogen-bond donors (Lipinski definition) is 3. The fourth-order valence-electron chi connectivity index (χ4n) is 4.24. The monoisotopic (exact) mass is 586 g/mol. The number of amides is 2. The Hall–Kier alpha value is -2.24. The number of carbonyl (C=O) groups is 2. The maximum atomic E-state index is 14.9. The highest BCUT2D eigenvalue weighted by atomic mass is 35.5. The van der Waals surface area contributed by atoms with Crippen LogP contribution in [0, 0.1) is 5.92 Å². The van der Waals surface area contributed by atoms with Crippen LogP contribution in [0.4, 0.5) is 14.4 Å². The maximum Gasteiger partial charge on any atom is 0.407 e. The normalized spacial score (nSPS) is 19.9. The van der Waals surface area contributed by atoms with Gasteiger partial charge < -0.3 is 24.4 Å². The zero-order valence-corrected chi connectivity index (χ0v) is 24.0. The largest absolute Gasteiger partial charge is 0.444 e. The van der Waals surface area contributed by atoms with E-state index in [2.05, 4.69) is 10.0 Å². The van der Waals surface area contributed by atoms with Crippen LogP contribution < -0.4 is 10.0 Å². The lowest BCUT2D eigenvalue weighted by Crippen LogP contribution is -2.50. The minimum Gasteiger partial charge on any atom is -0.444 e. The molecule has 208 valence electrons. The Labute approximate surface area is 235 Å². The van der Waals surface area contributed by atoms with Crippen molar-refractivity contribution in [3.8, 4) is 0 Å². The van der Waals surface area contributed by atoms with Crippen LogP contribution in [0.25, 0.3) is 0 Å². The molecule has 1 unspecified atom stereocenters. The number of carbonyl (C=O) groups excluding carboxylic acids is 2. The molecule has 2 aliphatic heterocycles. The summed E-state index contributed by atoms with van der Waals surface area (Å²) in [6.07, 6.45) is -0.717. The minimum atomic E-state index is -2.19. The molecule has 4 rings (SSSR count). The van der Waals surface area contributed by atoms with E-state index in [1.807, 2.05) is 30.3 Å². The molecule has 2 aromatic carbocycles. The lowest BCUT2D eigenvalue weighted by atomic mass is 10.0. The van der Waals surface area contributed by atoms with E-state index in [0.717, 1.165) is 5.56 Å². The molecule has 2 fully saturated rings. The van der Waals surface area contributed by atoms with E-state index in [9.17, 15) is 13.5 Å². The molecule has 8 nitrogen and oxygen atoms in total. The second-order valence-corrected chi connectivity index (χ2v) is 12.5. The van der Waals surface area contributed by atoms with Crippen LogP contribution >= 0.6 is 34.9 Å². The third kappa shape index (κ3) is 7.45. The van der Waals surface area contributed by atoms with E-state index in [0.29, 0.717) is 45.0 Å². The molecule has 2 saturated heterocycles. The van der Waals surface area contributed by atoms with Gasteiger partial charge in [0.15, 0.2) is 0 Å². The molecule has 0 aromatic heterocycles. The molecule has 2 heterocycles. The number of halogens is 3. The third-order valence-electron chi connectivity index (χ3n) is 6.12. The summed E-state index contributed by atoms with van der Waals surface area (Å²) >= 11 is 10.7. The summed E-state index contributed by atoms with van der Waals surface area (Å²) in [7, 11) is 0. The lowest BCUT2D eigenvalue weighted by molar-refractivity contribution is -0.0228. The molecular weight excluding hydrogens is 554 g/mol. The number of nitrogens with one attached hydrogen (secondary N) is 2. The van der Waals surface area contributed by atoms with E-state index in [1.54, 1.807) is 30.0 Å². The predicted octanol–water partition coefficient (Wildman–Crippen LogP) is 5.79. The number of ether oxygens (including phenoxy) is 2. The number of benzene rings is 2. The van der Waals surface area contributed by atoms with Gasteiger partial charge in [0.25, 0.3) is 5.91 Å². The van der Waals surface area contributed by atoms with Gasteiger partial charge in [-0.1, -0.05) is 53.5 Å². The molecule has 0 aliphatic carbocycles. The number of anilines is 1. The first-order valence-corrected chi connectivity index (χ1v) is 14.3. The molecule has 0 radical (unpaired) electrons. The van der Waals surface area contributed by atoms with Crippen LogP contribution in [0.5, 0.6) is 0 Å². The van der Waals surface area contributed by atoms with Crippen molar-refractivity contribution in [2.45, 2.75) is 32.5 Å². The average Bonchev–Trinajstić information content (AvgIpc) is 2.82. The van der Waals surface area contributed by atoms with E-state index in [4.69, 9.17) is 32.7 Å². The number of morpholine rings is 1. The smallest absolute Gasteiger partial charge is 0.407 e. The molecule has 0 spiro atoms. The number of alkyl carbamates (subject to hydrolysis) is 1. The highest BCUT2D eigenvalue weighted by Crippen LogP contribution is 2.41. The topological polar surface area (TPSA) is 83.1 Å². The number of thiol groups is 1. The van der Waals surface area contributed by atoms with Crippen LogP contribution in [0.15, 0.2) is 42.5 Å². The summed E-state index contributed by atoms with van der Waals surface area (Å²) in [6, 6.07) is 12.8. The second-order valence-electron chi connectivity index (χ2n) is 10.3. The summed E-state index contributed by atoms with van der Waals surface area (Å²) in [5.74, 6) is -0.160. The van der Waals surface area contributed by atoms with Gasteiger partial charge in [0, 0.05) is 49.4 Å². The third-order valence-corrected chi connectivity index (χ3v) is 7.98. The zero-order chi connectivity index (χ0) is 27.4. The van der Waals surface area contributed by atoms with Crippen molar-refractivity contribution in [2.75, 3.05) is 44.1 Å².